The molecule has 6 nitrogen and oxygen atoms in total. The van der Waals surface area contributed by atoms with Gasteiger partial charge in [0.05, 0.1) is 17.4 Å². The fourth-order valence-corrected chi connectivity index (χ4v) is 2.67. The molecule has 11 heteroatoms. The quantitative estimate of drug-likeness (QED) is 0.543. The van der Waals surface area contributed by atoms with Crippen LogP contribution in [-0.2, 0) is 23.8 Å². The van der Waals surface area contributed by atoms with Gasteiger partial charge in [0.2, 0.25) is 0 Å². The molecule has 28 heavy (non-hydrogen) atoms. The highest BCUT2D eigenvalue weighted by molar-refractivity contribution is 5.75. The van der Waals surface area contributed by atoms with Gasteiger partial charge in [-0.1, -0.05) is 13.8 Å². The van der Waals surface area contributed by atoms with Crippen LogP contribution in [0.5, 0.6) is 0 Å². The number of esters is 2. The van der Waals surface area contributed by atoms with Gasteiger partial charge in [0, 0.05) is 6.92 Å². The molecular weight excluding hydrogens is 395 g/mol. The lowest BCUT2D eigenvalue weighted by Crippen LogP contribution is -2.79. The zero-order valence-electron chi connectivity index (χ0n) is 16.5. The van der Waals surface area contributed by atoms with E-state index in [1.807, 2.05) is 0 Å². The van der Waals surface area contributed by atoms with Crippen LogP contribution in [0.15, 0.2) is 0 Å². The van der Waals surface area contributed by atoms with Crippen molar-refractivity contribution in [1.29, 1.82) is 0 Å². The lowest BCUT2D eigenvalue weighted by Gasteiger charge is -2.56. The molecule has 0 aromatic carbocycles. The molecule has 0 bridgehead atoms. The molecule has 0 aliphatic carbocycles. The molecule has 0 aromatic heterocycles. The second kappa shape index (κ2) is 7.08. The summed E-state index contributed by atoms with van der Waals surface area (Å²) in [6, 6.07) is 0. The van der Waals surface area contributed by atoms with Gasteiger partial charge >= 0.3 is 29.8 Å². The van der Waals surface area contributed by atoms with E-state index >= 15 is 0 Å². The van der Waals surface area contributed by atoms with E-state index in [4.69, 9.17) is 4.74 Å². The first-order valence-corrected chi connectivity index (χ1v) is 8.49. The summed E-state index contributed by atoms with van der Waals surface area (Å²) in [5, 5.41) is 9.66. The van der Waals surface area contributed by atoms with Crippen LogP contribution in [0.25, 0.3) is 0 Å². The number of alkyl halides is 5. The first kappa shape index (κ1) is 24.5. The maximum Gasteiger partial charge on any atom is 0.449 e. The molecule has 1 saturated heterocycles. The van der Waals surface area contributed by atoms with Crippen molar-refractivity contribution < 1.29 is 50.9 Å². The maximum absolute atomic E-state index is 15.0. The van der Waals surface area contributed by atoms with Crippen LogP contribution in [0.2, 0.25) is 0 Å². The summed E-state index contributed by atoms with van der Waals surface area (Å²) in [4.78, 5) is 23.6. The van der Waals surface area contributed by atoms with Gasteiger partial charge in [-0.15, -0.1) is 0 Å². The molecule has 1 fully saturated rings. The zero-order chi connectivity index (χ0) is 22.4. The van der Waals surface area contributed by atoms with Gasteiger partial charge in [-0.05, 0) is 27.2 Å². The first-order chi connectivity index (χ1) is 12.3. The third kappa shape index (κ3) is 3.58. The minimum Gasteiger partial charge on any atom is -0.464 e. The van der Waals surface area contributed by atoms with Crippen LogP contribution in [0.3, 0.4) is 0 Å². The normalized spacial score (nSPS) is 33.3. The van der Waals surface area contributed by atoms with Crippen LogP contribution in [0.4, 0.5) is 22.0 Å². The van der Waals surface area contributed by atoms with Crippen LogP contribution >= 0.6 is 0 Å². The average molecular weight is 420 g/mol. The van der Waals surface area contributed by atoms with Crippen molar-refractivity contribution >= 4 is 11.9 Å². The lowest BCUT2D eigenvalue weighted by molar-refractivity contribution is -0.488. The van der Waals surface area contributed by atoms with Crippen molar-refractivity contribution in [3.8, 4) is 0 Å². The van der Waals surface area contributed by atoms with E-state index in [9.17, 15) is 36.6 Å². The Labute approximate surface area is 159 Å². The summed E-state index contributed by atoms with van der Waals surface area (Å²) in [7, 11) is 0. The smallest absolute Gasteiger partial charge is 0.449 e. The van der Waals surface area contributed by atoms with Gasteiger partial charge in [0.1, 0.15) is 6.61 Å². The van der Waals surface area contributed by atoms with Gasteiger partial charge < -0.3 is 19.3 Å². The fourth-order valence-electron chi connectivity index (χ4n) is 2.67. The SMILES string of the molecule is CCC(C)(C)C(=O)OCC1(C)COC(O)(C(F)(F)F)C(F)(F)C1(C)OC(C)=O. The average Bonchev–Trinajstić information content (AvgIpc) is 2.54. The monoisotopic (exact) mass is 420 g/mol. The lowest BCUT2D eigenvalue weighted by atomic mass is 9.67. The second-order valence-corrected chi connectivity index (χ2v) is 8.01. The highest BCUT2D eigenvalue weighted by Crippen LogP contribution is 2.59. The fraction of sp³-hybridized carbons (Fsp3) is 0.882. The van der Waals surface area contributed by atoms with Gasteiger partial charge in [0.25, 0.3) is 0 Å². The number of carbonyl (C=O) groups is 2. The molecule has 0 amide bonds. The minimum absolute atomic E-state index is 0.351. The molecule has 1 aliphatic rings. The van der Waals surface area contributed by atoms with Gasteiger partial charge in [0.15, 0.2) is 5.60 Å². The second-order valence-electron chi connectivity index (χ2n) is 8.01. The number of halogens is 5. The highest BCUT2D eigenvalue weighted by Gasteiger charge is 2.84. The van der Waals surface area contributed by atoms with Crippen molar-refractivity contribution in [2.24, 2.45) is 10.8 Å². The van der Waals surface area contributed by atoms with Gasteiger partial charge in [-0.3, -0.25) is 9.59 Å². The van der Waals surface area contributed by atoms with Crippen molar-refractivity contribution in [3.05, 3.63) is 0 Å². The third-order valence-corrected chi connectivity index (χ3v) is 5.47. The highest BCUT2D eigenvalue weighted by atomic mass is 19.4. The largest absolute Gasteiger partial charge is 0.464 e. The van der Waals surface area contributed by atoms with Gasteiger partial charge in [-0.2, -0.15) is 22.0 Å². The van der Waals surface area contributed by atoms with Crippen LogP contribution in [0.1, 0.15) is 48.0 Å². The van der Waals surface area contributed by atoms with E-state index in [0.29, 0.717) is 13.3 Å². The van der Waals surface area contributed by atoms with Crippen molar-refractivity contribution in [2.45, 2.75) is 71.5 Å². The Bertz CT molecular complexity index is 634. The number of hydrogen-bond donors (Lipinski definition) is 1. The Morgan fingerprint density at radius 3 is 2.07 bits per heavy atom. The van der Waals surface area contributed by atoms with Crippen LogP contribution < -0.4 is 0 Å². The molecule has 0 saturated carbocycles. The number of ether oxygens (including phenoxy) is 3. The molecule has 1 rings (SSSR count). The van der Waals surface area contributed by atoms with Crippen LogP contribution in [-0.4, -0.2) is 53.7 Å². The van der Waals surface area contributed by atoms with E-state index in [-0.39, 0.29) is 0 Å². The Hall–Kier alpha value is -1.49. The van der Waals surface area contributed by atoms with E-state index < -0.39 is 59.5 Å². The Morgan fingerprint density at radius 1 is 1.18 bits per heavy atom. The summed E-state index contributed by atoms with van der Waals surface area (Å²) < 4.78 is 83.4. The summed E-state index contributed by atoms with van der Waals surface area (Å²) in [6.45, 7) is 5.11. The summed E-state index contributed by atoms with van der Waals surface area (Å²) >= 11 is 0. The van der Waals surface area contributed by atoms with E-state index in [2.05, 4.69) is 9.47 Å². The Morgan fingerprint density at radius 2 is 1.68 bits per heavy atom. The van der Waals surface area contributed by atoms with Gasteiger partial charge in [-0.25, -0.2) is 0 Å². The third-order valence-electron chi connectivity index (χ3n) is 5.47. The summed E-state index contributed by atoms with van der Waals surface area (Å²) in [6.07, 6.45) is -5.54. The molecule has 0 aromatic rings. The Balaban J connectivity index is 3.40. The molecule has 1 aliphatic heterocycles. The standard InChI is InChI=1S/C17H25F5O6/c1-7-12(3,4)11(24)26-8-13(5)9-27-16(25,17(20,21)22)15(18,19)14(13,6)28-10(2)23/h25H,7-9H2,1-6H3. The zero-order valence-corrected chi connectivity index (χ0v) is 16.5. The van der Waals surface area contributed by atoms with Crippen molar-refractivity contribution in [1.82, 2.24) is 0 Å². The molecule has 164 valence electrons. The van der Waals surface area contributed by atoms with E-state index in [1.54, 1.807) is 6.92 Å². The van der Waals surface area contributed by atoms with Crippen molar-refractivity contribution in [3.63, 3.8) is 0 Å². The number of hydrogen-bond acceptors (Lipinski definition) is 6. The molecule has 0 spiro atoms. The first-order valence-electron chi connectivity index (χ1n) is 8.49. The van der Waals surface area contributed by atoms with Crippen molar-refractivity contribution in [2.75, 3.05) is 13.2 Å². The Kier molecular flexibility index (Phi) is 6.21. The molecule has 3 atom stereocenters. The predicted molar refractivity (Wildman–Crippen MR) is 85.2 cm³/mol. The summed E-state index contributed by atoms with van der Waals surface area (Å²) in [5.74, 6) is -12.1. The van der Waals surface area contributed by atoms with Crippen LogP contribution in [0, 0.1) is 10.8 Å². The summed E-state index contributed by atoms with van der Waals surface area (Å²) in [5.41, 5.74) is -6.27. The molecule has 1 heterocycles. The predicted octanol–water partition coefficient (Wildman–Crippen LogP) is 3.21. The molecule has 1 N–H and O–H groups in total. The maximum atomic E-state index is 15.0. The minimum atomic E-state index is -5.89. The molecular formula is C17H25F5O6. The topological polar surface area (TPSA) is 82.1 Å². The van der Waals surface area contributed by atoms with E-state index in [0.717, 1.165) is 13.8 Å². The number of carbonyl (C=O) groups excluding carboxylic acids is 2. The van der Waals surface area contributed by atoms with E-state index in [1.165, 1.54) is 13.8 Å². The molecule has 3 unspecified atom stereocenters. The number of aliphatic hydroxyl groups is 1. The molecule has 0 radical (unpaired) electrons. The number of rotatable bonds is 5.